The molecule has 0 aliphatic carbocycles. The standard InChI is InChI=1S/C17H11FN2O/c1-10-3-2-4-13(16(10)18)17(21)14-9-20-15-7-11(8-19)5-6-12(14)15/h2-7,9,20H,1H3. The molecule has 102 valence electrons. The Morgan fingerprint density at radius 2 is 2.05 bits per heavy atom. The van der Waals surface area contributed by atoms with Gasteiger partial charge < -0.3 is 4.98 Å². The summed E-state index contributed by atoms with van der Waals surface area (Å²) in [5, 5.41) is 9.56. The van der Waals surface area contributed by atoms with Gasteiger partial charge in [-0.3, -0.25) is 4.79 Å². The van der Waals surface area contributed by atoms with E-state index in [1.165, 1.54) is 6.07 Å². The van der Waals surface area contributed by atoms with Gasteiger partial charge >= 0.3 is 0 Å². The zero-order chi connectivity index (χ0) is 15.0. The molecule has 3 aromatic rings. The molecule has 0 aliphatic heterocycles. The van der Waals surface area contributed by atoms with Gasteiger partial charge in [0.2, 0.25) is 0 Å². The highest BCUT2D eigenvalue weighted by Gasteiger charge is 2.18. The Balaban J connectivity index is 2.15. The molecule has 0 saturated carbocycles. The molecule has 1 N–H and O–H groups in total. The van der Waals surface area contributed by atoms with Gasteiger partial charge in [-0.2, -0.15) is 5.26 Å². The summed E-state index contributed by atoms with van der Waals surface area (Å²) in [6.45, 7) is 1.63. The second-order valence-corrected chi connectivity index (χ2v) is 4.84. The molecule has 21 heavy (non-hydrogen) atoms. The van der Waals surface area contributed by atoms with Crippen molar-refractivity contribution in [1.29, 1.82) is 5.26 Å². The van der Waals surface area contributed by atoms with Gasteiger partial charge in [0.1, 0.15) is 5.82 Å². The second kappa shape index (κ2) is 4.88. The number of aryl methyl sites for hydroxylation is 1. The van der Waals surface area contributed by atoms with Crippen molar-refractivity contribution in [1.82, 2.24) is 4.98 Å². The summed E-state index contributed by atoms with van der Waals surface area (Å²) in [5.74, 6) is -0.863. The van der Waals surface area contributed by atoms with Crippen LogP contribution in [0.15, 0.2) is 42.6 Å². The molecule has 3 nitrogen and oxygen atoms in total. The predicted molar refractivity (Wildman–Crippen MR) is 77.6 cm³/mol. The number of aromatic amines is 1. The van der Waals surface area contributed by atoms with Gasteiger partial charge in [-0.1, -0.05) is 18.2 Å². The number of hydrogen-bond acceptors (Lipinski definition) is 2. The summed E-state index contributed by atoms with van der Waals surface area (Å²) in [6, 6.07) is 11.8. The van der Waals surface area contributed by atoms with Crippen molar-refractivity contribution in [3.63, 3.8) is 0 Å². The van der Waals surface area contributed by atoms with Crippen LogP contribution in [0.25, 0.3) is 10.9 Å². The molecule has 0 unspecified atom stereocenters. The van der Waals surface area contributed by atoms with Crippen LogP contribution in [0.4, 0.5) is 4.39 Å². The third-order valence-corrected chi connectivity index (χ3v) is 3.49. The van der Waals surface area contributed by atoms with E-state index in [9.17, 15) is 9.18 Å². The van der Waals surface area contributed by atoms with Crippen molar-refractivity contribution in [2.24, 2.45) is 0 Å². The zero-order valence-corrected chi connectivity index (χ0v) is 11.3. The highest BCUT2D eigenvalue weighted by Crippen LogP contribution is 2.24. The lowest BCUT2D eigenvalue weighted by atomic mass is 10.00. The number of aromatic nitrogens is 1. The van der Waals surface area contributed by atoms with Crippen LogP contribution >= 0.6 is 0 Å². The van der Waals surface area contributed by atoms with E-state index in [2.05, 4.69) is 4.98 Å². The maximum Gasteiger partial charge on any atom is 0.198 e. The van der Waals surface area contributed by atoms with Crippen molar-refractivity contribution in [3.8, 4) is 6.07 Å². The SMILES string of the molecule is Cc1cccc(C(=O)c2c[nH]c3cc(C#N)ccc23)c1F. The minimum atomic E-state index is -0.495. The monoisotopic (exact) mass is 278 g/mol. The summed E-state index contributed by atoms with van der Waals surface area (Å²) in [4.78, 5) is 15.5. The Bertz CT molecular complexity index is 903. The lowest BCUT2D eigenvalue weighted by molar-refractivity contribution is 0.103. The number of carbonyl (C=O) groups is 1. The van der Waals surface area contributed by atoms with Crippen molar-refractivity contribution in [2.75, 3.05) is 0 Å². The van der Waals surface area contributed by atoms with Crippen LogP contribution in [0.2, 0.25) is 0 Å². The van der Waals surface area contributed by atoms with Crippen LogP contribution in [-0.4, -0.2) is 10.8 Å². The number of fused-ring (bicyclic) bond motifs is 1. The van der Waals surface area contributed by atoms with E-state index >= 15 is 0 Å². The normalized spacial score (nSPS) is 10.5. The lowest BCUT2D eigenvalue weighted by Gasteiger charge is -2.04. The molecule has 4 heteroatoms. The van der Waals surface area contributed by atoms with Crippen LogP contribution in [0.5, 0.6) is 0 Å². The Hall–Kier alpha value is -2.93. The van der Waals surface area contributed by atoms with Gasteiger partial charge in [0.05, 0.1) is 17.2 Å². The molecule has 0 amide bonds. The van der Waals surface area contributed by atoms with Crippen molar-refractivity contribution >= 4 is 16.7 Å². The molecule has 0 atom stereocenters. The molecule has 0 saturated heterocycles. The average Bonchev–Trinajstić information content (AvgIpc) is 2.92. The van der Waals surface area contributed by atoms with E-state index in [0.29, 0.717) is 27.6 Å². The number of halogens is 1. The first-order valence-corrected chi connectivity index (χ1v) is 6.43. The molecular weight excluding hydrogens is 267 g/mol. The third-order valence-electron chi connectivity index (χ3n) is 3.49. The molecule has 3 rings (SSSR count). The molecule has 0 bridgehead atoms. The Kier molecular flexibility index (Phi) is 3.03. The first kappa shape index (κ1) is 13.1. The summed E-state index contributed by atoms with van der Waals surface area (Å²) in [6.07, 6.45) is 1.55. The minimum Gasteiger partial charge on any atom is -0.360 e. The summed E-state index contributed by atoms with van der Waals surface area (Å²) in [5.41, 5.74) is 2.09. The largest absolute Gasteiger partial charge is 0.360 e. The Morgan fingerprint density at radius 1 is 1.24 bits per heavy atom. The molecule has 0 fully saturated rings. The highest BCUT2D eigenvalue weighted by atomic mass is 19.1. The van der Waals surface area contributed by atoms with Crippen LogP contribution in [0, 0.1) is 24.1 Å². The van der Waals surface area contributed by atoms with Gasteiger partial charge in [0, 0.05) is 22.7 Å². The van der Waals surface area contributed by atoms with Crippen LogP contribution in [-0.2, 0) is 0 Å². The van der Waals surface area contributed by atoms with E-state index in [0.717, 1.165) is 0 Å². The van der Waals surface area contributed by atoms with Gasteiger partial charge in [-0.05, 0) is 30.7 Å². The number of carbonyl (C=O) groups excluding carboxylic acids is 1. The van der Waals surface area contributed by atoms with Gasteiger partial charge in [0.25, 0.3) is 0 Å². The summed E-state index contributed by atoms with van der Waals surface area (Å²) >= 11 is 0. The first-order valence-electron chi connectivity index (χ1n) is 6.43. The molecular formula is C17H11FN2O. The Morgan fingerprint density at radius 3 is 2.81 bits per heavy atom. The first-order chi connectivity index (χ1) is 10.1. The Labute approximate surface area is 120 Å². The van der Waals surface area contributed by atoms with E-state index in [1.54, 1.807) is 43.5 Å². The topological polar surface area (TPSA) is 56.6 Å². The molecule has 1 aromatic heterocycles. The second-order valence-electron chi connectivity index (χ2n) is 4.84. The minimum absolute atomic E-state index is 0.0558. The fraction of sp³-hybridized carbons (Fsp3) is 0.0588. The van der Waals surface area contributed by atoms with E-state index in [-0.39, 0.29) is 11.3 Å². The number of nitrogens with zero attached hydrogens (tertiary/aromatic N) is 1. The van der Waals surface area contributed by atoms with Crippen LogP contribution < -0.4 is 0 Å². The molecule has 0 aliphatic rings. The van der Waals surface area contributed by atoms with Crippen LogP contribution in [0.1, 0.15) is 27.0 Å². The van der Waals surface area contributed by atoms with Gasteiger partial charge in [0.15, 0.2) is 5.78 Å². The van der Waals surface area contributed by atoms with Crippen molar-refractivity contribution in [3.05, 3.63) is 70.7 Å². The fourth-order valence-corrected chi connectivity index (χ4v) is 2.35. The number of nitriles is 1. The number of nitrogens with one attached hydrogen (secondary N) is 1. The molecule has 0 spiro atoms. The molecule has 2 aromatic carbocycles. The van der Waals surface area contributed by atoms with Crippen molar-refractivity contribution < 1.29 is 9.18 Å². The third kappa shape index (κ3) is 2.09. The number of benzene rings is 2. The van der Waals surface area contributed by atoms with Crippen molar-refractivity contribution in [2.45, 2.75) is 6.92 Å². The number of hydrogen-bond donors (Lipinski definition) is 1. The van der Waals surface area contributed by atoms with E-state index in [1.807, 2.05) is 6.07 Å². The molecule has 0 radical (unpaired) electrons. The predicted octanol–water partition coefficient (Wildman–Crippen LogP) is 3.72. The summed E-state index contributed by atoms with van der Waals surface area (Å²) < 4.78 is 14.1. The maximum absolute atomic E-state index is 14.1. The smallest absolute Gasteiger partial charge is 0.198 e. The maximum atomic E-state index is 14.1. The van der Waals surface area contributed by atoms with Gasteiger partial charge in [-0.15, -0.1) is 0 Å². The van der Waals surface area contributed by atoms with Gasteiger partial charge in [-0.25, -0.2) is 4.39 Å². The average molecular weight is 278 g/mol. The quantitative estimate of drug-likeness (QED) is 0.726. The molecule has 1 heterocycles. The zero-order valence-electron chi connectivity index (χ0n) is 11.3. The van der Waals surface area contributed by atoms with E-state index in [4.69, 9.17) is 5.26 Å². The number of rotatable bonds is 2. The lowest BCUT2D eigenvalue weighted by Crippen LogP contribution is -2.04. The highest BCUT2D eigenvalue weighted by molar-refractivity contribution is 6.16. The van der Waals surface area contributed by atoms with Crippen LogP contribution in [0.3, 0.4) is 0 Å². The summed E-state index contributed by atoms with van der Waals surface area (Å²) in [7, 11) is 0. The number of H-pyrrole nitrogens is 1. The fourth-order valence-electron chi connectivity index (χ4n) is 2.35. The number of ketones is 1. The van der Waals surface area contributed by atoms with E-state index < -0.39 is 5.82 Å².